The molecule has 0 aliphatic carbocycles. The molecule has 0 saturated carbocycles. The number of nitrogens with one attached hydrogen (secondary N) is 1. The quantitative estimate of drug-likeness (QED) is 0.803. The van der Waals surface area contributed by atoms with Gasteiger partial charge in [-0.25, -0.2) is 4.79 Å². The Balaban J connectivity index is 2.61. The third-order valence-corrected chi connectivity index (χ3v) is 2.67. The van der Waals surface area contributed by atoms with Gasteiger partial charge in [0.2, 0.25) is 0 Å². The summed E-state index contributed by atoms with van der Waals surface area (Å²) >= 11 is 0. The number of fused-ring (bicyclic) bond motifs is 1. The van der Waals surface area contributed by atoms with E-state index >= 15 is 0 Å². The van der Waals surface area contributed by atoms with Gasteiger partial charge < -0.3 is 9.72 Å². The summed E-state index contributed by atoms with van der Waals surface area (Å²) in [5.74, 6) is -0.243. The van der Waals surface area contributed by atoms with Gasteiger partial charge in [-0.3, -0.25) is 0 Å². The Bertz CT molecular complexity index is 514. The lowest BCUT2D eigenvalue weighted by Crippen LogP contribution is -2.08. The molecule has 0 saturated heterocycles. The first-order valence-electron chi connectivity index (χ1n) is 5.54. The number of H-pyrrole nitrogens is 1. The monoisotopic (exact) mass is 217 g/mol. The van der Waals surface area contributed by atoms with Crippen LogP contribution in [0.25, 0.3) is 10.9 Å². The molecule has 1 aromatic carbocycles. The van der Waals surface area contributed by atoms with Crippen molar-refractivity contribution in [1.29, 1.82) is 0 Å². The lowest BCUT2D eigenvalue weighted by molar-refractivity contribution is 0.0527. The molecule has 2 rings (SSSR count). The average Bonchev–Trinajstić information content (AvgIpc) is 2.75. The summed E-state index contributed by atoms with van der Waals surface area (Å²) in [4.78, 5) is 15.0. The molecule has 84 valence electrons. The van der Waals surface area contributed by atoms with Crippen LogP contribution in [0, 0.1) is 0 Å². The number of carbonyl (C=O) groups excluding carboxylic acids is 1. The van der Waals surface area contributed by atoms with E-state index < -0.39 is 0 Å². The lowest BCUT2D eigenvalue weighted by Gasteiger charge is -2.08. The Kier molecular flexibility index (Phi) is 2.95. The molecule has 3 nitrogen and oxygen atoms in total. The topological polar surface area (TPSA) is 42.1 Å². The summed E-state index contributed by atoms with van der Waals surface area (Å²) < 4.78 is 5.09. The molecule has 16 heavy (non-hydrogen) atoms. The van der Waals surface area contributed by atoms with E-state index in [9.17, 15) is 4.79 Å². The zero-order chi connectivity index (χ0) is 11.5. The third-order valence-electron chi connectivity index (χ3n) is 2.67. The largest absolute Gasteiger partial charge is 0.462 e. The van der Waals surface area contributed by atoms with Crippen molar-refractivity contribution < 1.29 is 9.53 Å². The second-order valence-corrected chi connectivity index (χ2v) is 3.62. The third kappa shape index (κ3) is 1.69. The van der Waals surface area contributed by atoms with Crippen molar-refractivity contribution in [1.82, 2.24) is 4.98 Å². The number of hydrogen-bond acceptors (Lipinski definition) is 2. The smallest absolute Gasteiger partial charge is 0.340 e. The van der Waals surface area contributed by atoms with Crippen molar-refractivity contribution in [2.24, 2.45) is 0 Å². The summed E-state index contributed by atoms with van der Waals surface area (Å²) in [7, 11) is 0. The van der Waals surface area contributed by atoms with E-state index in [4.69, 9.17) is 4.74 Å². The van der Waals surface area contributed by atoms with Gasteiger partial charge in [-0.2, -0.15) is 0 Å². The summed E-state index contributed by atoms with van der Waals surface area (Å²) in [5.41, 5.74) is 2.57. The molecule has 0 radical (unpaired) electrons. The number of carbonyl (C=O) groups is 1. The maximum Gasteiger partial charge on any atom is 0.340 e. The van der Waals surface area contributed by atoms with Gasteiger partial charge in [0.05, 0.1) is 17.7 Å². The molecular formula is C13H15NO2. The SMILES string of the molecule is CCOC(=O)c1c(CC)ccc2cc[nH]c12. The fourth-order valence-corrected chi connectivity index (χ4v) is 1.90. The number of rotatable bonds is 3. The normalized spacial score (nSPS) is 10.6. The molecule has 0 aliphatic rings. The number of aryl methyl sites for hydroxylation is 1. The molecule has 3 heteroatoms. The molecule has 1 heterocycles. The van der Waals surface area contributed by atoms with Crippen LogP contribution in [0.15, 0.2) is 24.4 Å². The average molecular weight is 217 g/mol. The van der Waals surface area contributed by atoms with Crippen molar-refractivity contribution in [2.75, 3.05) is 6.61 Å². The summed E-state index contributed by atoms with van der Waals surface area (Å²) in [6.07, 6.45) is 2.66. The van der Waals surface area contributed by atoms with E-state index in [1.54, 1.807) is 0 Å². The first-order valence-corrected chi connectivity index (χ1v) is 5.54. The maximum absolute atomic E-state index is 11.9. The Morgan fingerprint density at radius 2 is 2.12 bits per heavy atom. The van der Waals surface area contributed by atoms with Gasteiger partial charge in [0.15, 0.2) is 0 Å². The number of esters is 1. The minimum absolute atomic E-state index is 0.243. The van der Waals surface area contributed by atoms with E-state index in [-0.39, 0.29) is 5.97 Å². The van der Waals surface area contributed by atoms with Crippen molar-refractivity contribution in [3.05, 3.63) is 35.5 Å². The molecule has 0 aliphatic heterocycles. The predicted molar refractivity (Wildman–Crippen MR) is 63.6 cm³/mol. The summed E-state index contributed by atoms with van der Waals surface area (Å²) in [5, 5.41) is 1.04. The molecule has 0 amide bonds. The Labute approximate surface area is 94.4 Å². The minimum atomic E-state index is -0.243. The molecule has 0 spiro atoms. The first kappa shape index (κ1) is 10.7. The molecule has 0 fully saturated rings. The summed E-state index contributed by atoms with van der Waals surface area (Å²) in [6.45, 7) is 4.25. The number of aromatic nitrogens is 1. The molecule has 0 unspecified atom stereocenters. The highest BCUT2D eigenvalue weighted by molar-refractivity contribution is 6.04. The van der Waals surface area contributed by atoms with E-state index in [1.807, 2.05) is 38.2 Å². The van der Waals surface area contributed by atoms with Crippen LogP contribution in [0.1, 0.15) is 29.8 Å². The zero-order valence-corrected chi connectivity index (χ0v) is 9.54. The molecule has 0 bridgehead atoms. The van der Waals surface area contributed by atoms with Crippen LogP contribution in [0.2, 0.25) is 0 Å². The fraction of sp³-hybridized carbons (Fsp3) is 0.308. The second-order valence-electron chi connectivity index (χ2n) is 3.62. The van der Waals surface area contributed by atoms with Gasteiger partial charge in [-0.15, -0.1) is 0 Å². The van der Waals surface area contributed by atoms with E-state index in [0.717, 1.165) is 22.9 Å². The van der Waals surface area contributed by atoms with Crippen molar-refractivity contribution in [3.8, 4) is 0 Å². The van der Waals surface area contributed by atoms with E-state index in [0.29, 0.717) is 12.2 Å². The van der Waals surface area contributed by atoms with Crippen molar-refractivity contribution >= 4 is 16.9 Å². The Morgan fingerprint density at radius 3 is 2.81 bits per heavy atom. The van der Waals surface area contributed by atoms with Crippen LogP contribution in [0.3, 0.4) is 0 Å². The first-order chi connectivity index (χ1) is 7.77. The van der Waals surface area contributed by atoms with Gasteiger partial charge in [0.1, 0.15) is 0 Å². The van der Waals surface area contributed by atoms with Gasteiger partial charge in [-0.1, -0.05) is 19.1 Å². The highest BCUT2D eigenvalue weighted by atomic mass is 16.5. The van der Waals surface area contributed by atoms with Gasteiger partial charge in [-0.05, 0) is 25.0 Å². The number of aromatic amines is 1. The highest BCUT2D eigenvalue weighted by Crippen LogP contribution is 2.22. The fourth-order valence-electron chi connectivity index (χ4n) is 1.90. The Morgan fingerprint density at radius 1 is 1.31 bits per heavy atom. The van der Waals surface area contributed by atoms with Crippen LogP contribution >= 0.6 is 0 Å². The molecule has 1 N–H and O–H groups in total. The van der Waals surface area contributed by atoms with Crippen LogP contribution in [0.4, 0.5) is 0 Å². The zero-order valence-electron chi connectivity index (χ0n) is 9.54. The van der Waals surface area contributed by atoms with Gasteiger partial charge in [0.25, 0.3) is 0 Å². The molecule has 0 atom stereocenters. The predicted octanol–water partition coefficient (Wildman–Crippen LogP) is 2.91. The number of benzene rings is 1. The second kappa shape index (κ2) is 4.39. The number of hydrogen-bond donors (Lipinski definition) is 1. The standard InChI is InChI=1S/C13H15NO2/c1-3-9-5-6-10-7-8-14-12(10)11(9)13(15)16-4-2/h5-8,14H,3-4H2,1-2H3. The van der Waals surface area contributed by atoms with Crippen molar-refractivity contribution in [3.63, 3.8) is 0 Å². The van der Waals surface area contributed by atoms with Gasteiger partial charge >= 0.3 is 5.97 Å². The molecule has 1 aromatic heterocycles. The van der Waals surface area contributed by atoms with Gasteiger partial charge in [0, 0.05) is 11.6 Å². The van der Waals surface area contributed by atoms with Crippen LogP contribution < -0.4 is 0 Å². The maximum atomic E-state index is 11.9. The van der Waals surface area contributed by atoms with E-state index in [2.05, 4.69) is 4.98 Å². The van der Waals surface area contributed by atoms with Crippen LogP contribution in [0.5, 0.6) is 0 Å². The van der Waals surface area contributed by atoms with Crippen molar-refractivity contribution in [2.45, 2.75) is 20.3 Å². The Hall–Kier alpha value is -1.77. The molecule has 2 aromatic rings. The minimum Gasteiger partial charge on any atom is -0.462 e. The summed E-state index contributed by atoms with van der Waals surface area (Å²) in [6, 6.07) is 5.97. The molecular weight excluding hydrogens is 202 g/mol. The van der Waals surface area contributed by atoms with Crippen LogP contribution in [-0.2, 0) is 11.2 Å². The highest BCUT2D eigenvalue weighted by Gasteiger charge is 2.16. The van der Waals surface area contributed by atoms with E-state index in [1.165, 1.54) is 0 Å². The lowest BCUT2D eigenvalue weighted by atomic mass is 10.0. The number of ether oxygens (including phenoxy) is 1. The van der Waals surface area contributed by atoms with Crippen LogP contribution in [-0.4, -0.2) is 17.6 Å².